The van der Waals surface area contributed by atoms with Crippen LogP contribution in [0.1, 0.15) is 68.0 Å². The van der Waals surface area contributed by atoms with Gasteiger partial charge in [0.05, 0.1) is 23.4 Å². The van der Waals surface area contributed by atoms with Gasteiger partial charge in [0.1, 0.15) is 18.0 Å². The molecule has 4 aromatic rings. The molecule has 2 aromatic heterocycles. The van der Waals surface area contributed by atoms with Gasteiger partial charge in [0, 0.05) is 31.4 Å². The Balaban J connectivity index is 1.26. The minimum absolute atomic E-state index is 0.00471. The smallest absolute Gasteiger partial charge is 0.416 e. The third-order valence-electron chi connectivity index (χ3n) is 7.69. The van der Waals surface area contributed by atoms with Gasteiger partial charge in [-0.1, -0.05) is 48.5 Å². The summed E-state index contributed by atoms with van der Waals surface area (Å²) in [6.45, 7) is 2.41. The first-order valence-electron chi connectivity index (χ1n) is 14.7. The first-order valence-corrected chi connectivity index (χ1v) is 14.7. The number of hydrogen-bond donors (Lipinski definition) is 3. The van der Waals surface area contributed by atoms with Gasteiger partial charge in [0.15, 0.2) is 0 Å². The summed E-state index contributed by atoms with van der Waals surface area (Å²) < 4.78 is 44.8. The first kappa shape index (κ1) is 31.9. The number of halogens is 3. The highest BCUT2D eigenvalue weighted by Gasteiger charge is 2.35. The summed E-state index contributed by atoms with van der Waals surface area (Å²) in [4.78, 5) is 37.1. The molecule has 9 nitrogen and oxygen atoms in total. The summed E-state index contributed by atoms with van der Waals surface area (Å²) in [5.41, 5.74) is 1.54. The fourth-order valence-electron chi connectivity index (χ4n) is 5.39. The van der Waals surface area contributed by atoms with Gasteiger partial charge in [-0.25, -0.2) is 4.98 Å². The van der Waals surface area contributed by atoms with E-state index in [1.807, 2.05) is 37.3 Å². The maximum Gasteiger partial charge on any atom is 0.416 e. The first-order chi connectivity index (χ1) is 21.6. The normalized spacial score (nSPS) is 16.4. The molecule has 1 saturated heterocycles. The number of likely N-dealkylation sites (tertiary alicyclic amines) is 1. The molecule has 0 saturated carbocycles. The molecule has 3 N–H and O–H groups in total. The number of amides is 2. The highest BCUT2D eigenvalue weighted by molar-refractivity contribution is 5.98. The third-order valence-corrected chi connectivity index (χ3v) is 7.69. The summed E-state index contributed by atoms with van der Waals surface area (Å²) in [5.74, 6) is -0.389. The van der Waals surface area contributed by atoms with Gasteiger partial charge in [-0.05, 0) is 55.5 Å². The van der Waals surface area contributed by atoms with E-state index in [9.17, 15) is 27.9 Å². The van der Waals surface area contributed by atoms with E-state index in [1.165, 1.54) is 24.4 Å². The standard InChI is InChI=1S/C33H34F3N5O4/c1-21-20-45-31(39-21)28-11-6-14-41(28)32(44)27-17-24(12-13-38-27)30(43)40-26(16-22-7-3-2-4-8-22)29(42)19-37-18-23-9-5-10-25(15-23)33(34,35)36/h2-5,7-10,12-13,15,17,20,26,28-29,37,42H,6,11,14,16,18-19H2,1H3,(H,40,43)/t26-,28+,29-/m0/s1. The maximum absolute atomic E-state index is 13.4. The van der Waals surface area contributed by atoms with Crippen LogP contribution in [0.15, 0.2) is 83.6 Å². The lowest BCUT2D eigenvalue weighted by Crippen LogP contribution is -2.48. The van der Waals surface area contributed by atoms with Crippen molar-refractivity contribution in [2.24, 2.45) is 0 Å². The molecule has 5 rings (SSSR count). The molecule has 1 aliphatic heterocycles. The van der Waals surface area contributed by atoms with Gasteiger partial charge in [-0.2, -0.15) is 13.2 Å². The van der Waals surface area contributed by atoms with E-state index in [2.05, 4.69) is 20.6 Å². The Morgan fingerprint density at radius 3 is 2.60 bits per heavy atom. The van der Waals surface area contributed by atoms with Crippen molar-refractivity contribution >= 4 is 11.8 Å². The summed E-state index contributed by atoms with van der Waals surface area (Å²) in [6.07, 6.45) is -0.837. The molecule has 236 valence electrons. The van der Waals surface area contributed by atoms with Gasteiger partial charge in [-0.3, -0.25) is 14.6 Å². The van der Waals surface area contributed by atoms with Gasteiger partial charge in [-0.15, -0.1) is 0 Å². The Bertz CT molecular complexity index is 1610. The Kier molecular flexibility index (Phi) is 9.94. The molecule has 1 aliphatic rings. The highest BCUT2D eigenvalue weighted by Crippen LogP contribution is 2.32. The van der Waals surface area contributed by atoms with Crippen molar-refractivity contribution in [3.8, 4) is 0 Å². The number of nitrogens with one attached hydrogen (secondary N) is 2. The maximum atomic E-state index is 13.4. The Morgan fingerprint density at radius 2 is 1.87 bits per heavy atom. The fourth-order valence-corrected chi connectivity index (χ4v) is 5.39. The molecule has 3 heterocycles. The fraction of sp³-hybridized carbons (Fsp3) is 0.333. The zero-order valence-corrected chi connectivity index (χ0v) is 24.6. The van der Waals surface area contributed by atoms with Gasteiger partial charge in [0.25, 0.3) is 11.8 Å². The van der Waals surface area contributed by atoms with E-state index in [-0.39, 0.29) is 36.3 Å². The molecule has 0 radical (unpaired) electrons. The largest absolute Gasteiger partial charge is 0.446 e. The number of alkyl halides is 3. The monoisotopic (exact) mass is 621 g/mol. The van der Waals surface area contributed by atoms with Crippen molar-refractivity contribution < 1.29 is 32.3 Å². The number of rotatable bonds is 11. The van der Waals surface area contributed by atoms with Crippen molar-refractivity contribution in [3.63, 3.8) is 0 Å². The summed E-state index contributed by atoms with van der Waals surface area (Å²) >= 11 is 0. The number of carbonyl (C=O) groups excluding carboxylic acids is 2. The number of nitrogens with zero attached hydrogens (tertiary/aromatic N) is 3. The van der Waals surface area contributed by atoms with Crippen LogP contribution in [0.25, 0.3) is 0 Å². The number of benzene rings is 2. The van der Waals surface area contributed by atoms with E-state index in [0.29, 0.717) is 30.8 Å². The average molecular weight is 622 g/mol. The van der Waals surface area contributed by atoms with Crippen LogP contribution >= 0.6 is 0 Å². The molecule has 2 amide bonds. The van der Waals surface area contributed by atoms with Crippen LogP contribution in [0.5, 0.6) is 0 Å². The molecule has 0 unspecified atom stereocenters. The Morgan fingerprint density at radius 1 is 1.09 bits per heavy atom. The molecular formula is C33H34F3N5O4. The lowest BCUT2D eigenvalue weighted by atomic mass is 10.00. The molecule has 45 heavy (non-hydrogen) atoms. The second-order valence-corrected chi connectivity index (χ2v) is 11.1. The van der Waals surface area contributed by atoms with Gasteiger partial charge < -0.3 is 25.1 Å². The highest BCUT2D eigenvalue weighted by atomic mass is 19.4. The number of aromatic nitrogens is 2. The summed E-state index contributed by atoms with van der Waals surface area (Å²) in [6, 6.07) is 16.1. The van der Waals surface area contributed by atoms with E-state index in [0.717, 1.165) is 29.8 Å². The minimum Gasteiger partial charge on any atom is -0.446 e. The van der Waals surface area contributed by atoms with Crippen molar-refractivity contribution in [3.05, 3.63) is 119 Å². The number of aliphatic hydroxyl groups excluding tert-OH is 1. The number of carbonyl (C=O) groups is 2. The van der Waals surface area contributed by atoms with E-state index < -0.39 is 29.8 Å². The van der Waals surface area contributed by atoms with Crippen molar-refractivity contribution in [2.45, 2.75) is 57.1 Å². The quantitative estimate of drug-likeness (QED) is 0.219. The zero-order chi connectivity index (χ0) is 32.0. The number of pyridine rings is 1. The topological polar surface area (TPSA) is 121 Å². The van der Waals surface area contributed by atoms with Crippen molar-refractivity contribution in [1.82, 2.24) is 25.5 Å². The Labute approximate surface area is 258 Å². The number of aliphatic hydroxyl groups is 1. The molecule has 0 aliphatic carbocycles. The van der Waals surface area contributed by atoms with Crippen LogP contribution in [-0.2, 0) is 19.1 Å². The molecule has 3 atom stereocenters. The lowest BCUT2D eigenvalue weighted by molar-refractivity contribution is -0.137. The summed E-state index contributed by atoms with van der Waals surface area (Å²) in [5, 5.41) is 17.0. The van der Waals surface area contributed by atoms with E-state index in [4.69, 9.17) is 4.42 Å². The second kappa shape index (κ2) is 14.0. The number of oxazole rings is 1. The molecule has 2 aromatic carbocycles. The SMILES string of the molecule is Cc1coc([C@H]2CCCN2C(=O)c2cc(C(=O)N[C@@H](Cc3ccccc3)[C@@H](O)CNCc3cccc(C(F)(F)F)c3)ccn2)n1. The van der Waals surface area contributed by atoms with Crippen LogP contribution in [-0.4, -0.2) is 57.0 Å². The van der Waals surface area contributed by atoms with Crippen LogP contribution in [0.2, 0.25) is 0 Å². The van der Waals surface area contributed by atoms with Gasteiger partial charge in [0.2, 0.25) is 5.89 Å². The van der Waals surface area contributed by atoms with Crippen LogP contribution in [0.4, 0.5) is 13.2 Å². The van der Waals surface area contributed by atoms with Gasteiger partial charge >= 0.3 is 6.18 Å². The average Bonchev–Trinajstić information content (AvgIpc) is 3.70. The number of aryl methyl sites for hydroxylation is 1. The molecule has 12 heteroatoms. The second-order valence-electron chi connectivity index (χ2n) is 11.1. The van der Waals surface area contributed by atoms with Crippen LogP contribution in [0.3, 0.4) is 0 Å². The van der Waals surface area contributed by atoms with E-state index >= 15 is 0 Å². The predicted octanol–water partition coefficient (Wildman–Crippen LogP) is 4.87. The molecule has 1 fully saturated rings. The number of hydrogen-bond acceptors (Lipinski definition) is 7. The van der Waals surface area contributed by atoms with Crippen molar-refractivity contribution in [2.75, 3.05) is 13.1 Å². The van der Waals surface area contributed by atoms with Crippen LogP contribution in [0, 0.1) is 6.92 Å². The Hall–Kier alpha value is -4.55. The summed E-state index contributed by atoms with van der Waals surface area (Å²) in [7, 11) is 0. The predicted molar refractivity (Wildman–Crippen MR) is 159 cm³/mol. The molecule has 0 bridgehead atoms. The third kappa shape index (κ3) is 8.14. The minimum atomic E-state index is -4.45. The van der Waals surface area contributed by atoms with Crippen LogP contribution < -0.4 is 10.6 Å². The zero-order valence-electron chi connectivity index (χ0n) is 24.6. The van der Waals surface area contributed by atoms with E-state index in [1.54, 1.807) is 17.2 Å². The van der Waals surface area contributed by atoms with Crippen molar-refractivity contribution in [1.29, 1.82) is 0 Å². The molecular weight excluding hydrogens is 587 g/mol. The molecule has 0 spiro atoms. The lowest BCUT2D eigenvalue weighted by Gasteiger charge is -2.25.